The number of rotatable bonds is 9. The van der Waals surface area contributed by atoms with Gasteiger partial charge in [-0.25, -0.2) is 0 Å². The highest BCUT2D eigenvalue weighted by Crippen LogP contribution is 2.42. The number of carbonyl (C=O) groups excluding carboxylic acids is 2. The number of hydrogen-bond acceptors (Lipinski definition) is 5. The first kappa shape index (κ1) is 25.1. The maximum atomic E-state index is 13.4. The Hall–Kier alpha value is -1.51. The van der Waals surface area contributed by atoms with Crippen LogP contribution in [0.3, 0.4) is 0 Å². The predicted octanol–water partition coefficient (Wildman–Crippen LogP) is 4.14. The zero-order chi connectivity index (χ0) is 23.1. The molecule has 32 heavy (non-hydrogen) atoms. The molecule has 6 nitrogen and oxygen atoms in total. The lowest BCUT2D eigenvalue weighted by Crippen LogP contribution is -2.54. The van der Waals surface area contributed by atoms with E-state index in [1.165, 1.54) is 6.42 Å². The number of methoxy groups -OCH3 is 1. The second-order valence-electron chi connectivity index (χ2n) is 8.22. The first-order chi connectivity index (χ1) is 15.5. The third kappa shape index (κ3) is 6.29. The molecular formula is C24H34BrN3O3S. The molecule has 2 unspecified atom stereocenters. The number of nitrogens with zero attached hydrogens (tertiary/aromatic N) is 2. The van der Waals surface area contributed by atoms with E-state index in [4.69, 9.17) is 4.74 Å². The van der Waals surface area contributed by atoms with E-state index in [1.54, 1.807) is 18.9 Å². The van der Waals surface area contributed by atoms with Crippen LogP contribution in [0, 0.1) is 0 Å². The molecule has 0 spiro atoms. The van der Waals surface area contributed by atoms with Crippen LogP contribution in [0.1, 0.15) is 45.1 Å². The van der Waals surface area contributed by atoms with Crippen LogP contribution in [0.5, 0.6) is 5.75 Å². The van der Waals surface area contributed by atoms with Gasteiger partial charge in [0, 0.05) is 24.4 Å². The first-order valence-corrected chi connectivity index (χ1v) is 13.2. The normalized spacial score (nSPS) is 22.2. The summed E-state index contributed by atoms with van der Waals surface area (Å²) in [5.74, 6) is 0.641. The number of amides is 2. The Balaban J connectivity index is 1.73. The first-order valence-electron chi connectivity index (χ1n) is 11.5. The smallest absolute Gasteiger partial charge is 0.261 e. The standard InChI is InChI=1S/C24H34BrN3O3S/c1-4-27(5-2)13-12-26-23(29)16-28-19-8-6-7-9-21(19)32-22(24(28)30)15-17-10-11-20(31-3)18(25)14-17/h10-11,14-15,19,21H,4-9,12-13,16H2,1-3H3,(H,26,29)/b22-15+. The number of halogens is 1. The van der Waals surface area contributed by atoms with Crippen LogP contribution in [0.2, 0.25) is 0 Å². The Morgan fingerprint density at radius 1 is 1.31 bits per heavy atom. The molecule has 1 saturated carbocycles. The summed E-state index contributed by atoms with van der Waals surface area (Å²) in [6, 6.07) is 5.92. The summed E-state index contributed by atoms with van der Waals surface area (Å²) in [5, 5.41) is 3.35. The Labute approximate surface area is 204 Å². The van der Waals surface area contributed by atoms with E-state index in [9.17, 15) is 9.59 Å². The Morgan fingerprint density at radius 3 is 2.75 bits per heavy atom. The van der Waals surface area contributed by atoms with Crippen molar-refractivity contribution in [1.29, 1.82) is 0 Å². The molecular weight excluding hydrogens is 490 g/mol. The van der Waals surface area contributed by atoms with Crippen LogP contribution < -0.4 is 10.1 Å². The molecule has 1 aliphatic heterocycles. The van der Waals surface area contributed by atoms with Crippen LogP contribution in [0.4, 0.5) is 0 Å². The zero-order valence-electron chi connectivity index (χ0n) is 19.2. The van der Waals surface area contributed by atoms with Gasteiger partial charge in [-0.3, -0.25) is 9.59 Å². The predicted molar refractivity (Wildman–Crippen MR) is 135 cm³/mol. The molecule has 1 aliphatic carbocycles. The average Bonchev–Trinajstić information content (AvgIpc) is 2.79. The molecule has 0 radical (unpaired) electrons. The van der Waals surface area contributed by atoms with Crippen molar-refractivity contribution in [2.45, 2.75) is 50.8 Å². The molecule has 1 aromatic rings. The largest absolute Gasteiger partial charge is 0.496 e. The van der Waals surface area contributed by atoms with Crippen molar-refractivity contribution in [2.24, 2.45) is 0 Å². The number of likely N-dealkylation sites (N-methyl/N-ethyl adjacent to an activating group) is 1. The maximum absolute atomic E-state index is 13.4. The topological polar surface area (TPSA) is 61.9 Å². The van der Waals surface area contributed by atoms with Crippen molar-refractivity contribution in [3.8, 4) is 5.75 Å². The fourth-order valence-corrected chi connectivity index (χ4v) is 6.42. The Bertz CT molecular complexity index is 844. The molecule has 2 atom stereocenters. The van der Waals surface area contributed by atoms with E-state index >= 15 is 0 Å². The summed E-state index contributed by atoms with van der Waals surface area (Å²) in [4.78, 5) is 30.9. The van der Waals surface area contributed by atoms with Gasteiger partial charge in [0.15, 0.2) is 0 Å². The van der Waals surface area contributed by atoms with Crippen LogP contribution >= 0.6 is 27.7 Å². The number of thioether (sulfide) groups is 1. The van der Waals surface area contributed by atoms with Crippen molar-refractivity contribution in [3.05, 3.63) is 33.1 Å². The summed E-state index contributed by atoms with van der Waals surface area (Å²) >= 11 is 5.20. The van der Waals surface area contributed by atoms with Crippen LogP contribution in [0.15, 0.2) is 27.6 Å². The summed E-state index contributed by atoms with van der Waals surface area (Å²) in [6.45, 7) is 7.73. The van der Waals surface area contributed by atoms with E-state index in [0.717, 1.165) is 54.7 Å². The second-order valence-corrected chi connectivity index (χ2v) is 10.4. The monoisotopic (exact) mass is 523 g/mol. The SMILES string of the molecule is CCN(CC)CCNC(=O)CN1C(=O)/C(=C\c2ccc(OC)c(Br)c2)SC2CCCCC21. The molecule has 0 bridgehead atoms. The summed E-state index contributed by atoms with van der Waals surface area (Å²) in [5.41, 5.74) is 0.936. The number of hydrogen-bond donors (Lipinski definition) is 1. The van der Waals surface area contributed by atoms with Gasteiger partial charge < -0.3 is 19.9 Å². The van der Waals surface area contributed by atoms with E-state index < -0.39 is 0 Å². The minimum atomic E-state index is -0.0757. The number of fused-ring (bicyclic) bond motifs is 1. The van der Waals surface area contributed by atoms with Gasteiger partial charge in [-0.05, 0) is 65.6 Å². The van der Waals surface area contributed by atoms with Crippen LogP contribution in [-0.2, 0) is 9.59 Å². The van der Waals surface area contributed by atoms with Crippen molar-refractivity contribution in [2.75, 3.05) is 39.8 Å². The molecule has 2 fully saturated rings. The molecule has 1 aromatic carbocycles. The van der Waals surface area contributed by atoms with E-state index in [-0.39, 0.29) is 24.4 Å². The van der Waals surface area contributed by atoms with Gasteiger partial charge in [-0.15, -0.1) is 11.8 Å². The van der Waals surface area contributed by atoms with Crippen molar-refractivity contribution in [3.63, 3.8) is 0 Å². The fraction of sp³-hybridized carbons (Fsp3) is 0.583. The minimum absolute atomic E-state index is 0.0380. The minimum Gasteiger partial charge on any atom is -0.496 e. The van der Waals surface area contributed by atoms with Gasteiger partial charge >= 0.3 is 0 Å². The Morgan fingerprint density at radius 2 is 2.06 bits per heavy atom. The van der Waals surface area contributed by atoms with Gasteiger partial charge in [-0.2, -0.15) is 0 Å². The fourth-order valence-electron chi connectivity index (χ4n) is 4.39. The van der Waals surface area contributed by atoms with Crippen molar-refractivity contribution in [1.82, 2.24) is 15.1 Å². The molecule has 1 heterocycles. The number of carbonyl (C=O) groups is 2. The second kappa shape index (κ2) is 12.1. The number of benzene rings is 1. The lowest BCUT2D eigenvalue weighted by atomic mass is 9.93. The average molecular weight is 525 g/mol. The van der Waals surface area contributed by atoms with E-state index in [2.05, 4.69) is 40.0 Å². The van der Waals surface area contributed by atoms with Crippen LogP contribution in [-0.4, -0.2) is 72.7 Å². The number of ether oxygens (including phenoxy) is 1. The van der Waals surface area contributed by atoms with Gasteiger partial charge in [0.1, 0.15) is 12.3 Å². The molecule has 3 rings (SSSR count). The molecule has 1 N–H and O–H groups in total. The summed E-state index contributed by atoms with van der Waals surface area (Å²) < 4.78 is 6.16. The van der Waals surface area contributed by atoms with Crippen molar-refractivity contribution < 1.29 is 14.3 Å². The van der Waals surface area contributed by atoms with E-state index in [0.29, 0.717) is 16.7 Å². The molecule has 176 valence electrons. The number of nitrogens with one attached hydrogen (secondary N) is 1. The summed E-state index contributed by atoms with van der Waals surface area (Å²) in [6.07, 6.45) is 6.27. The van der Waals surface area contributed by atoms with Gasteiger partial charge in [0.2, 0.25) is 5.91 Å². The zero-order valence-corrected chi connectivity index (χ0v) is 21.6. The highest BCUT2D eigenvalue weighted by Gasteiger charge is 2.41. The third-order valence-electron chi connectivity index (χ3n) is 6.25. The quantitative estimate of drug-likeness (QED) is 0.492. The highest BCUT2D eigenvalue weighted by molar-refractivity contribution is 9.10. The molecule has 2 amide bonds. The highest BCUT2D eigenvalue weighted by atomic mass is 79.9. The van der Waals surface area contributed by atoms with E-state index in [1.807, 2.05) is 29.2 Å². The molecule has 1 saturated heterocycles. The maximum Gasteiger partial charge on any atom is 0.261 e. The summed E-state index contributed by atoms with van der Waals surface area (Å²) in [7, 11) is 1.63. The lowest BCUT2D eigenvalue weighted by Gasteiger charge is -2.43. The molecule has 0 aromatic heterocycles. The van der Waals surface area contributed by atoms with Gasteiger partial charge in [0.05, 0.1) is 16.5 Å². The molecule has 2 aliphatic rings. The Kier molecular flexibility index (Phi) is 9.49. The third-order valence-corrected chi connectivity index (χ3v) is 8.27. The lowest BCUT2D eigenvalue weighted by molar-refractivity contribution is -0.135. The van der Waals surface area contributed by atoms with Gasteiger partial charge in [0.25, 0.3) is 5.91 Å². The van der Waals surface area contributed by atoms with Crippen molar-refractivity contribution >= 4 is 45.6 Å². The molecule has 8 heteroatoms. The van der Waals surface area contributed by atoms with Gasteiger partial charge in [-0.1, -0.05) is 32.8 Å². The van der Waals surface area contributed by atoms with Crippen LogP contribution in [0.25, 0.3) is 6.08 Å².